The maximum Gasteiger partial charge on any atom is 0.417 e. The second kappa shape index (κ2) is 27.3. The first kappa shape index (κ1) is 66.7. The number of carbonyl (C=O) groups excluding carboxylic acids is 2. The number of ketones is 1. The summed E-state index contributed by atoms with van der Waals surface area (Å²) in [5, 5.41) is -0.00775. The maximum absolute atomic E-state index is 13.6. The van der Waals surface area contributed by atoms with Crippen molar-refractivity contribution in [1.29, 1.82) is 0 Å². The number of halogens is 11. The molecule has 0 spiro atoms. The van der Waals surface area contributed by atoms with Crippen molar-refractivity contribution in [2.24, 2.45) is 0 Å². The third-order valence-electron chi connectivity index (χ3n) is 10.6. The third-order valence-corrected chi connectivity index (χ3v) is 18.0. The van der Waals surface area contributed by atoms with E-state index in [1.807, 2.05) is 24.5 Å². The molecule has 0 saturated carbocycles. The first-order valence-corrected chi connectivity index (χ1v) is 30.0. The molecule has 4 aromatic carbocycles. The number of anilines is 2. The average Bonchev–Trinajstić information content (AvgIpc) is 3.47. The smallest absolute Gasteiger partial charge is 0.363 e. The fourth-order valence-corrected chi connectivity index (χ4v) is 12.3. The summed E-state index contributed by atoms with van der Waals surface area (Å²) in [6.07, 6.45) is -6.94. The number of hydrogen-bond donors (Lipinski definition) is 0. The summed E-state index contributed by atoms with van der Waals surface area (Å²) in [5.41, 5.74) is -2.69. The van der Waals surface area contributed by atoms with Crippen molar-refractivity contribution < 1.29 is 75.5 Å². The van der Waals surface area contributed by atoms with Gasteiger partial charge in [0.2, 0.25) is 5.78 Å². The summed E-state index contributed by atoms with van der Waals surface area (Å²) in [7, 11) is -7.75. The monoisotopic (exact) mass is 1330 g/mol. The topological polar surface area (TPSA) is 200 Å². The Hall–Kier alpha value is -4.78. The van der Waals surface area contributed by atoms with Gasteiger partial charge in [0.15, 0.2) is 9.84 Å². The van der Waals surface area contributed by atoms with E-state index in [9.17, 15) is 61.2 Å². The zero-order valence-corrected chi connectivity index (χ0v) is 50.0. The Bertz CT molecular complexity index is 3590. The van der Waals surface area contributed by atoms with E-state index in [4.69, 9.17) is 60.7 Å². The molecular formula is C48H44BrCl4F6N5O11S4. The van der Waals surface area contributed by atoms with Crippen LogP contribution in [-0.2, 0) is 56.5 Å². The van der Waals surface area contributed by atoms with Crippen LogP contribution in [0.2, 0.25) is 20.1 Å². The van der Waals surface area contributed by atoms with Crippen molar-refractivity contribution in [3.8, 4) is 0 Å². The highest BCUT2D eigenvalue weighted by Crippen LogP contribution is 2.40. The Morgan fingerprint density at radius 3 is 1.51 bits per heavy atom. The third kappa shape index (κ3) is 16.2. The molecule has 0 bridgehead atoms. The largest absolute Gasteiger partial charge is 0.417 e. The van der Waals surface area contributed by atoms with Gasteiger partial charge in [-0.15, -0.1) is 11.8 Å². The second-order valence-corrected chi connectivity index (χ2v) is 24.8. The normalized spacial score (nSPS) is 11.9. The number of nitrogens with zero attached hydrogens (tertiary/aromatic N) is 5. The second-order valence-electron chi connectivity index (χ2n) is 15.9. The Balaban J connectivity index is 0.000000284. The molecule has 0 unspecified atom stereocenters. The predicted molar refractivity (Wildman–Crippen MR) is 292 cm³/mol. The molecule has 0 N–H and O–H groups in total. The SMILES string of the molecule is COCN(c1cc(Cl)c(C)nc1Br)S(=O)(=O)c1ccc(Cl)c(C(F)(F)F)c1.COCN(c1cc(Cl)c(C)nc1C(=O)c1ccccc1S(C)(=O)=O)S(=O)(=O)c1ccc(Cl)c(C(F)(F)F)c1.CON(C)C(=O)c1ccccc1SC. The zero-order chi connectivity index (χ0) is 59.7. The van der Waals surface area contributed by atoms with Crippen LogP contribution >= 0.6 is 74.1 Å². The van der Waals surface area contributed by atoms with Crippen LogP contribution in [0.25, 0.3) is 0 Å². The van der Waals surface area contributed by atoms with Crippen LogP contribution in [0.5, 0.6) is 0 Å². The standard InChI is InChI=1S/C23H19Cl2F3N2O6S2.C15H12BrCl2F3N2O3S.C10H13NO2S/c1-13-18(25)11-19(21(29-13)22(31)15-6-4-5-7-20(15)37(3,32)33)30(12-36-2)38(34,35)14-8-9-17(24)16(10-14)23(26,27)28;1-8-12(18)6-13(14(16)22-8)23(7-26-2)27(24,25)9-3-4-11(17)10(5-9)15(19,20)21;1-11(13-2)10(12)8-6-4-5-7-9(8)14-3/h4-11H,12H2,1-3H3;3-6H,7H2,1-2H3;4-7H,1-3H3. The number of sulfone groups is 1. The lowest BCUT2D eigenvalue weighted by atomic mass is 10.1. The number of sulfonamides is 2. The molecule has 0 fully saturated rings. The van der Waals surface area contributed by atoms with Gasteiger partial charge in [0.1, 0.15) is 23.8 Å². The Labute approximate surface area is 484 Å². The molecule has 16 nitrogen and oxygen atoms in total. The number of pyridine rings is 2. The van der Waals surface area contributed by atoms with Gasteiger partial charge in [-0.1, -0.05) is 70.7 Å². The number of methoxy groups -OCH3 is 2. The summed E-state index contributed by atoms with van der Waals surface area (Å²) in [5.74, 6) is -1.10. The summed E-state index contributed by atoms with van der Waals surface area (Å²) >= 11 is 28.1. The summed E-state index contributed by atoms with van der Waals surface area (Å²) < 4.78 is 169. The van der Waals surface area contributed by atoms with Crippen LogP contribution in [0.1, 0.15) is 48.9 Å². The van der Waals surface area contributed by atoms with Gasteiger partial charge in [0.05, 0.1) is 81.3 Å². The van der Waals surface area contributed by atoms with Gasteiger partial charge in [0.25, 0.3) is 26.0 Å². The Morgan fingerprint density at radius 2 is 1.06 bits per heavy atom. The number of ether oxygens (including phenoxy) is 2. The van der Waals surface area contributed by atoms with Gasteiger partial charge in [-0.25, -0.2) is 48.9 Å². The van der Waals surface area contributed by atoms with Crippen molar-refractivity contribution in [1.82, 2.24) is 15.0 Å². The Morgan fingerprint density at radius 1 is 0.633 bits per heavy atom. The molecule has 0 aliphatic rings. The quantitative estimate of drug-likeness (QED) is 0.0221. The van der Waals surface area contributed by atoms with E-state index in [-0.39, 0.29) is 42.4 Å². The van der Waals surface area contributed by atoms with E-state index < -0.39 is 104 Å². The number of amides is 1. The van der Waals surface area contributed by atoms with Crippen molar-refractivity contribution in [2.75, 3.05) is 63.0 Å². The molecule has 79 heavy (non-hydrogen) atoms. The number of hydrogen-bond acceptors (Lipinski definition) is 14. The molecule has 31 heteroatoms. The summed E-state index contributed by atoms with van der Waals surface area (Å²) in [6, 6.07) is 19.4. The van der Waals surface area contributed by atoms with E-state index in [1.54, 1.807) is 31.8 Å². The van der Waals surface area contributed by atoms with Crippen molar-refractivity contribution in [2.45, 2.75) is 45.8 Å². The fraction of sp³-hybridized carbons (Fsp3) is 0.250. The lowest BCUT2D eigenvalue weighted by Crippen LogP contribution is -2.35. The van der Waals surface area contributed by atoms with Gasteiger partial charge in [-0.05, 0) is 109 Å². The fourth-order valence-electron chi connectivity index (χ4n) is 6.61. The molecule has 0 radical (unpaired) electrons. The lowest BCUT2D eigenvalue weighted by molar-refractivity contribution is -0.138. The van der Waals surface area contributed by atoms with Crippen molar-refractivity contribution in [3.05, 3.63) is 161 Å². The maximum atomic E-state index is 13.6. The first-order valence-electron chi connectivity index (χ1n) is 21.7. The van der Waals surface area contributed by atoms with Crippen LogP contribution in [0.15, 0.2) is 121 Å². The van der Waals surface area contributed by atoms with E-state index in [1.165, 1.54) is 56.5 Å². The minimum Gasteiger partial charge on any atom is -0.363 e. The molecule has 2 aromatic heterocycles. The molecule has 0 aliphatic heterocycles. The van der Waals surface area contributed by atoms with E-state index in [0.29, 0.717) is 27.7 Å². The minimum atomic E-state index is -4.96. The number of aryl methyl sites for hydroxylation is 2. The number of benzene rings is 4. The predicted octanol–water partition coefficient (Wildman–Crippen LogP) is 12.5. The summed E-state index contributed by atoms with van der Waals surface area (Å²) in [4.78, 5) is 37.6. The number of alkyl halides is 6. The molecule has 6 rings (SSSR count). The highest BCUT2D eigenvalue weighted by atomic mass is 79.9. The van der Waals surface area contributed by atoms with Crippen LogP contribution in [0, 0.1) is 13.8 Å². The van der Waals surface area contributed by atoms with E-state index in [2.05, 4.69) is 25.9 Å². The van der Waals surface area contributed by atoms with Gasteiger partial charge in [0, 0.05) is 38.0 Å². The van der Waals surface area contributed by atoms with Gasteiger partial charge < -0.3 is 9.47 Å². The number of thioether (sulfide) groups is 1. The number of aromatic nitrogens is 2. The molecule has 0 aliphatic carbocycles. The van der Waals surface area contributed by atoms with Gasteiger partial charge in [-0.2, -0.15) is 26.3 Å². The number of rotatable bonds is 16. The van der Waals surface area contributed by atoms with E-state index >= 15 is 0 Å². The number of hydroxylamine groups is 2. The van der Waals surface area contributed by atoms with Crippen LogP contribution in [-0.4, -0.2) is 106 Å². The zero-order valence-electron chi connectivity index (χ0n) is 42.2. The minimum absolute atomic E-state index is 0.0101. The Kier molecular flexibility index (Phi) is 23.1. The van der Waals surface area contributed by atoms with Crippen LogP contribution < -0.4 is 8.61 Å². The van der Waals surface area contributed by atoms with E-state index in [0.717, 1.165) is 52.9 Å². The van der Waals surface area contributed by atoms with Crippen molar-refractivity contribution >= 4 is 127 Å². The molecule has 1 amide bonds. The summed E-state index contributed by atoms with van der Waals surface area (Å²) in [6.45, 7) is 1.80. The van der Waals surface area contributed by atoms with Crippen LogP contribution in [0.4, 0.5) is 37.7 Å². The highest BCUT2D eigenvalue weighted by Gasteiger charge is 2.39. The molecule has 0 saturated heterocycles. The highest BCUT2D eigenvalue weighted by molar-refractivity contribution is 9.10. The molecule has 0 atom stereocenters. The van der Waals surface area contributed by atoms with Gasteiger partial charge >= 0.3 is 12.4 Å². The molecule has 428 valence electrons. The average molecular weight is 1330 g/mol. The van der Waals surface area contributed by atoms with Gasteiger partial charge in [-0.3, -0.25) is 14.4 Å². The van der Waals surface area contributed by atoms with Crippen LogP contribution in [0.3, 0.4) is 0 Å². The number of carbonyl (C=O) groups is 2. The lowest BCUT2D eigenvalue weighted by Gasteiger charge is -2.26. The molecule has 2 heterocycles. The molecular weight excluding hydrogens is 1290 g/mol. The van der Waals surface area contributed by atoms with Crippen molar-refractivity contribution in [3.63, 3.8) is 0 Å². The molecule has 6 aromatic rings. The first-order chi connectivity index (χ1) is 36.6.